The first-order valence-corrected chi connectivity index (χ1v) is 25.1. The maximum atomic E-state index is 15.6. The average molecular weight is 1030 g/mol. The first-order chi connectivity index (χ1) is 31.9. The SMILES string of the molecule is CC(C)(C#Cc1nc([C@H](Cc2cc(F)cc(F)c2)NC(=O)Cn2nc(C(F)(F)F)c3c2C(F)(F)C2C[C@H]32)c(-c2ccc(Cl)c3c(NS(C)(=O)=O)nn(CC(F)(F)F)c23)c2c1CCC2)S(=O)(=O)C1CC1. The molecule has 12 nitrogen and oxygen atoms in total. The van der Waals surface area contributed by atoms with E-state index in [0.717, 1.165) is 18.4 Å². The molecule has 0 saturated heterocycles. The lowest BCUT2D eigenvalue weighted by atomic mass is 9.88. The van der Waals surface area contributed by atoms with Crippen molar-refractivity contribution in [3.63, 3.8) is 0 Å². The lowest BCUT2D eigenvalue weighted by molar-refractivity contribution is -0.142. The number of fused-ring (bicyclic) bond motifs is 5. The number of amides is 1. The molecule has 0 bridgehead atoms. The molecule has 4 aliphatic rings. The van der Waals surface area contributed by atoms with Crippen molar-refractivity contribution < 1.29 is 65.5 Å². The number of sulfone groups is 1. The van der Waals surface area contributed by atoms with Crippen molar-refractivity contribution in [2.75, 3.05) is 11.0 Å². The van der Waals surface area contributed by atoms with Crippen LogP contribution in [0.5, 0.6) is 0 Å². The molecule has 25 heteroatoms. The van der Waals surface area contributed by atoms with Gasteiger partial charge in [0.25, 0.3) is 5.92 Å². The van der Waals surface area contributed by atoms with Gasteiger partial charge in [0.2, 0.25) is 15.9 Å². The predicted molar refractivity (Wildman–Crippen MR) is 230 cm³/mol. The second-order valence-electron chi connectivity index (χ2n) is 18.3. The lowest BCUT2D eigenvalue weighted by Crippen LogP contribution is -2.35. The van der Waals surface area contributed by atoms with Crippen LogP contribution in [-0.2, 0) is 69.1 Å². The Morgan fingerprint density at radius 1 is 0.971 bits per heavy atom. The van der Waals surface area contributed by atoms with E-state index in [4.69, 9.17) is 16.6 Å². The quantitative estimate of drug-likeness (QED) is 0.0929. The first-order valence-electron chi connectivity index (χ1n) is 21.3. The number of halogens is 11. The Balaban J connectivity index is 1.29. The number of nitrogens with one attached hydrogen (secondary N) is 2. The largest absolute Gasteiger partial charge is 0.435 e. The summed E-state index contributed by atoms with van der Waals surface area (Å²) in [4.78, 5) is 19.1. The van der Waals surface area contributed by atoms with Crippen LogP contribution in [0.1, 0.15) is 96.5 Å². The molecule has 3 heterocycles. The summed E-state index contributed by atoms with van der Waals surface area (Å²) in [6.45, 7) is -0.263. The summed E-state index contributed by atoms with van der Waals surface area (Å²) in [5.74, 6) is -4.78. The fraction of sp³-hybridized carbons (Fsp3) is 0.455. The number of hydrogen-bond acceptors (Lipinski definition) is 8. The third kappa shape index (κ3) is 9.02. The molecule has 0 radical (unpaired) electrons. The van der Waals surface area contributed by atoms with Crippen molar-refractivity contribution in [3.05, 3.63) is 92.0 Å². The molecule has 4 aliphatic carbocycles. The number of hydrogen-bond donors (Lipinski definition) is 2. The second-order valence-corrected chi connectivity index (χ2v) is 23.2. The van der Waals surface area contributed by atoms with E-state index in [1.165, 1.54) is 26.0 Å². The van der Waals surface area contributed by atoms with Gasteiger partial charge in [-0.05, 0) is 106 Å². The Labute approximate surface area is 392 Å². The van der Waals surface area contributed by atoms with Crippen LogP contribution < -0.4 is 10.0 Å². The van der Waals surface area contributed by atoms with E-state index in [0.29, 0.717) is 41.1 Å². The summed E-state index contributed by atoms with van der Waals surface area (Å²) in [5, 5.41) is 8.73. The number of sulfonamides is 1. The van der Waals surface area contributed by atoms with Gasteiger partial charge in [0.05, 0.1) is 39.2 Å². The monoisotopic (exact) mass is 1030 g/mol. The maximum Gasteiger partial charge on any atom is 0.435 e. The molecule has 9 rings (SSSR count). The maximum absolute atomic E-state index is 15.6. The molecule has 2 fully saturated rings. The lowest BCUT2D eigenvalue weighted by Gasteiger charge is -2.25. The minimum absolute atomic E-state index is 0.0260. The Kier molecular flexibility index (Phi) is 11.5. The van der Waals surface area contributed by atoms with Crippen LogP contribution in [0.2, 0.25) is 5.02 Å². The summed E-state index contributed by atoms with van der Waals surface area (Å²) < 4.78 is 200. The molecule has 5 aromatic rings. The van der Waals surface area contributed by atoms with Gasteiger partial charge < -0.3 is 5.32 Å². The highest BCUT2D eigenvalue weighted by molar-refractivity contribution is 7.93. The van der Waals surface area contributed by atoms with Crippen LogP contribution in [0, 0.1) is 29.4 Å². The zero-order valence-electron chi connectivity index (χ0n) is 36.3. The number of nitrogens with zero attached hydrogens (tertiary/aromatic N) is 5. The minimum Gasteiger partial charge on any atom is -0.346 e. The Morgan fingerprint density at radius 3 is 2.26 bits per heavy atom. The number of benzene rings is 2. The minimum atomic E-state index is -5.18. The smallest absolute Gasteiger partial charge is 0.346 e. The summed E-state index contributed by atoms with van der Waals surface area (Å²) >= 11 is 6.60. The molecule has 69 heavy (non-hydrogen) atoms. The van der Waals surface area contributed by atoms with Gasteiger partial charge in [0, 0.05) is 28.7 Å². The van der Waals surface area contributed by atoms with E-state index in [1.54, 1.807) is 0 Å². The number of aromatic nitrogens is 5. The van der Waals surface area contributed by atoms with Gasteiger partial charge in [-0.25, -0.2) is 30.6 Å². The molecule has 368 valence electrons. The first kappa shape index (κ1) is 48.6. The average Bonchev–Trinajstić information content (AvgIpc) is 4.08. The fourth-order valence-corrected chi connectivity index (χ4v) is 12.1. The molecule has 0 aliphatic heterocycles. The molecule has 1 amide bonds. The highest BCUT2D eigenvalue weighted by Gasteiger charge is 2.68. The third-order valence-corrected chi connectivity index (χ3v) is 16.4. The van der Waals surface area contributed by atoms with Gasteiger partial charge in [0.15, 0.2) is 21.3 Å². The highest BCUT2D eigenvalue weighted by Crippen LogP contribution is 2.68. The summed E-state index contributed by atoms with van der Waals surface area (Å²) in [5.41, 5.74) is -3.74. The number of alkyl halides is 8. The molecular formula is C44H38ClF10N7O5S2. The number of carbonyl (C=O) groups excluding carboxylic acids is 1. The molecule has 3 aromatic heterocycles. The van der Waals surface area contributed by atoms with Gasteiger partial charge in [-0.3, -0.25) is 18.9 Å². The van der Waals surface area contributed by atoms with E-state index in [1.807, 2.05) is 0 Å². The van der Waals surface area contributed by atoms with Gasteiger partial charge in [-0.15, -0.1) is 0 Å². The summed E-state index contributed by atoms with van der Waals surface area (Å²) in [6.07, 6.45) is -8.73. The Hall–Kier alpha value is -5.41. The zero-order chi connectivity index (χ0) is 50.1. The van der Waals surface area contributed by atoms with E-state index < -0.39 is 131 Å². The van der Waals surface area contributed by atoms with Crippen LogP contribution in [-0.4, -0.2) is 69.7 Å². The molecule has 0 spiro atoms. The second kappa shape index (κ2) is 16.3. The van der Waals surface area contributed by atoms with Gasteiger partial charge in [0.1, 0.15) is 40.9 Å². The highest BCUT2D eigenvalue weighted by atomic mass is 35.5. The van der Waals surface area contributed by atoms with E-state index in [9.17, 15) is 56.8 Å². The molecule has 2 N–H and O–H groups in total. The Morgan fingerprint density at radius 2 is 1.64 bits per heavy atom. The zero-order valence-corrected chi connectivity index (χ0v) is 38.7. The normalized spacial score (nSPS) is 19.2. The van der Waals surface area contributed by atoms with Crippen molar-refractivity contribution >= 4 is 54.1 Å². The van der Waals surface area contributed by atoms with Gasteiger partial charge >= 0.3 is 12.4 Å². The van der Waals surface area contributed by atoms with Crippen molar-refractivity contribution in [2.24, 2.45) is 5.92 Å². The van der Waals surface area contributed by atoms with Gasteiger partial charge in [-0.1, -0.05) is 23.6 Å². The van der Waals surface area contributed by atoms with E-state index >= 15 is 8.78 Å². The van der Waals surface area contributed by atoms with Crippen LogP contribution >= 0.6 is 11.6 Å². The van der Waals surface area contributed by atoms with Crippen LogP contribution in [0.4, 0.5) is 49.7 Å². The summed E-state index contributed by atoms with van der Waals surface area (Å²) in [6, 6.07) is 3.13. The van der Waals surface area contributed by atoms with E-state index in [-0.39, 0.29) is 62.4 Å². The van der Waals surface area contributed by atoms with Crippen LogP contribution in [0.3, 0.4) is 0 Å². The molecule has 2 saturated carbocycles. The van der Waals surface area contributed by atoms with Crippen LogP contribution in [0.25, 0.3) is 22.0 Å². The number of carbonyl (C=O) groups is 1. The molecule has 1 unspecified atom stereocenters. The molecular weight excluding hydrogens is 996 g/mol. The van der Waals surface area contributed by atoms with Crippen molar-refractivity contribution in [1.82, 2.24) is 29.9 Å². The van der Waals surface area contributed by atoms with Crippen LogP contribution in [0.15, 0.2) is 30.3 Å². The summed E-state index contributed by atoms with van der Waals surface area (Å²) in [7, 11) is -8.05. The topological polar surface area (TPSA) is 158 Å². The van der Waals surface area contributed by atoms with Crippen molar-refractivity contribution in [2.45, 2.75) is 112 Å². The van der Waals surface area contributed by atoms with Crippen molar-refractivity contribution in [3.8, 4) is 23.0 Å². The predicted octanol–water partition coefficient (Wildman–Crippen LogP) is 8.68. The van der Waals surface area contributed by atoms with Gasteiger partial charge in [-0.2, -0.15) is 45.3 Å². The van der Waals surface area contributed by atoms with E-state index in [2.05, 4.69) is 32.1 Å². The third-order valence-electron chi connectivity index (χ3n) is 12.7. The number of rotatable bonds is 12. The number of anilines is 1. The molecule has 3 atom stereocenters. The Bertz CT molecular complexity index is 3280. The molecule has 2 aromatic carbocycles. The fourth-order valence-electron chi connectivity index (χ4n) is 9.57. The number of pyridine rings is 1. The standard InChI is InChI=1S/C44H38ClF10N7O5S2/c1-41(2,69(66,67)23-7-8-23)12-11-30-24-5-4-6-25(24)33(26-9-10-29(45)35-37(26)62(19-42(48,49)50)59-40(35)60-68(3,64)65)36(57-30)31(15-20-13-21(46)16-22(47)14-20)56-32(63)18-61-39-34(38(58-61)44(53,54)55)27-17-28(27)43(39,51)52/h9-10,13-14,16,23,27-28,31H,4-8,15,17-19H2,1-3H3,(H,56,63)(H,59,60)/t27-,28?,31-/m0/s1. The van der Waals surface area contributed by atoms with Crippen molar-refractivity contribution in [1.29, 1.82) is 0 Å².